The molecule has 0 aliphatic heterocycles. The Morgan fingerprint density at radius 3 is 2.42 bits per heavy atom. The third kappa shape index (κ3) is 4.24. The van der Waals surface area contributed by atoms with Crippen molar-refractivity contribution < 1.29 is 0 Å². The van der Waals surface area contributed by atoms with Crippen molar-refractivity contribution in [2.75, 3.05) is 18.8 Å². The molecule has 19 heavy (non-hydrogen) atoms. The van der Waals surface area contributed by atoms with Crippen LogP contribution in [-0.2, 0) is 5.41 Å². The summed E-state index contributed by atoms with van der Waals surface area (Å²) in [5.74, 6) is 0.838. The fraction of sp³-hybridized carbons (Fsp3) is 0.647. The average Bonchev–Trinajstić information content (AvgIpc) is 3.15. The first kappa shape index (κ1) is 14.4. The molecular formula is C17H28N2. The van der Waals surface area contributed by atoms with Crippen molar-refractivity contribution in [1.82, 2.24) is 5.32 Å². The van der Waals surface area contributed by atoms with Gasteiger partial charge in [0.15, 0.2) is 0 Å². The number of anilines is 1. The molecule has 0 spiro atoms. The van der Waals surface area contributed by atoms with Crippen LogP contribution >= 0.6 is 0 Å². The molecule has 0 unspecified atom stereocenters. The summed E-state index contributed by atoms with van der Waals surface area (Å²) in [6.07, 6.45) is 6.63. The van der Waals surface area contributed by atoms with Crippen molar-refractivity contribution in [2.45, 2.75) is 51.4 Å². The SMILES string of the molecule is CC(C)CCCCNCC1(c2ccc(N)cc2)CC1. The molecule has 2 nitrogen and oxygen atoms in total. The molecule has 0 aromatic heterocycles. The van der Waals surface area contributed by atoms with Crippen LogP contribution in [0.5, 0.6) is 0 Å². The zero-order chi connectivity index (χ0) is 13.7. The van der Waals surface area contributed by atoms with Crippen LogP contribution in [0.3, 0.4) is 0 Å². The predicted molar refractivity (Wildman–Crippen MR) is 83.3 cm³/mol. The van der Waals surface area contributed by atoms with Gasteiger partial charge in [0.2, 0.25) is 0 Å². The average molecular weight is 260 g/mol. The summed E-state index contributed by atoms with van der Waals surface area (Å²) in [5.41, 5.74) is 8.48. The summed E-state index contributed by atoms with van der Waals surface area (Å²) in [7, 11) is 0. The lowest BCUT2D eigenvalue weighted by Gasteiger charge is -2.17. The Labute approximate surface area is 117 Å². The predicted octanol–water partition coefficient (Wildman–Crippen LogP) is 3.72. The van der Waals surface area contributed by atoms with Gasteiger partial charge in [-0.1, -0.05) is 38.8 Å². The van der Waals surface area contributed by atoms with Crippen LogP contribution in [0, 0.1) is 5.92 Å². The molecule has 1 aromatic carbocycles. The lowest BCUT2D eigenvalue weighted by atomic mass is 9.95. The van der Waals surface area contributed by atoms with E-state index in [1.165, 1.54) is 37.7 Å². The molecule has 1 fully saturated rings. The van der Waals surface area contributed by atoms with Gasteiger partial charge in [0.1, 0.15) is 0 Å². The zero-order valence-corrected chi connectivity index (χ0v) is 12.4. The molecule has 1 aromatic rings. The number of benzene rings is 1. The summed E-state index contributed by atoms with van der Waals surface area (Å²) >= 11 is 0. The van der Waals surface area contributed by atoms with Gasteiger partial charge in [0.05, 0.1) is 0 Å². The van der Waals surface area contributed by atoms with Gasteiger partial charge >= 0.3 is 0 Å². The van der Waals surface area contributed by atoms with Crippen LogP contribution in [0.1, 0.15) is 51.5 Å². The fourth-order valence-corrected chi connectivity index (χ4v) is 2.69. The molecule has 3 N–H and O–H groups in total. The van der Waals surface area contributed by atoms with E-state index in [0.717, 1.165) is 24.7 Å². The standard InChI is InChI=1S/C17H28N2/c1-14(2)5-3-4-12-19-13-17(10-11-17)15-6-8-16(18)9-7-15/h6-9,14,19H,3-5,10-13,18H2,1-2H3. The maximum atomic E-state index is 5.75. The van der Waals surface area contributed by atoms with Crippen LogP contribution in [-0.4, -0.2) is 13.1 Å². The first-order valence-corrected chi connectivity index (χ1v) is 7.69. The maximum absolute atomic E-state index is 5.75. The minimum absolute atomic E-state index is 0.408. The van der Waals surface area contributed by atoms with Crippen molar-refractivity contribution in [1.29, 1.82) is 0 Å². The van der Waals surface area contributed by atoms with E-state index >= 15 is 0 Å². The number of nitrogens with one attached hydrogen (secondary N) is 1. The first-order chi connectivity index (χ1) is 9.12. The molecule has 2 heteroatoms. The van der Waals surface area contributed by atoms with Gasteiger partial charge in [-0.15, -0.1) is 0 Å². The topological polar surface area (TPSA) is 38.0 Å². The lowest BCUT2D eigenvalue weighted by Crippen LogP contribution is -2.27. The Balaban J connectivity index is 1.69. The Morgan fingerprint density at radius 1 is 1.16 bits per heavy atom. The van der Waals surface area contributed by atoms with Crippen LogP contribution in [0.15, 0.2) is 24.3 Å². The van der Waals surface area contributed by atoms with E-state index in [1.54, 1.807) is 0 Å². The van der Waals surface area contributed by atoms with Crippen molar-refractivity contribution in [3.8, 4) is 0 Å². The molecule has 106 valence electrons. The smallest absolute Gasteiger partial charge is 0.0314 e. The zero-order valence-electron chi connectivity index (χ0n) is 12.4. The van der Waals surface area contributed by atoms with E-state index in [-0.39, 0.29) is 0 Å². The number of rotatable bonds is 8. The molecule has 0 amide bonds. The van der Waals surface area contributed by atoms with Crippen molar-refractivity contribution in [2.24, 2.45) is 5.92 Å². The Hall–Kier alpha value is -1.02. The highest BCUT2D eigenvalue weighted by atomic mass is 14.9. The molecule has 0 heterocycles. The molecule has 0 saturated heterocycles. The van der Waals surface area contributed by atoms with E-state index in [0.29, 0.717) is 5.41 Å². The third-order valence-corrected chi connectivity index (χ3v) is 4.23. The normalized spacial score (nSPS) is 16.8. The summed E-state index contributed by atoms with van der Waals surface area (Å²) in [4.78, 5) is 0. The van der Waals surface area contributed by atoms with Gasteiger partial charge in [-0.2, -0.15) is 0 Å². The number of unbranched alkanes of at least 4 members (excludes halogenated alkanes) is 1. The molecule has 0 bridgehead atoms. The number of hydrogen-bond donors (Lipinski definition) is 2. The third-order valence-electron chi connectivity index (χ3n) is 4.23. The minimum atomic E-state index is 0.408. The Kier molecular flexibility index (Phi) is 4.87. The second kappa shape index (κ2) is 6.42. The quantitative estimate of drug-likeness (QED) is 0.552. The molecule has 2 rings (SSSR count). The highest BCUT2D eigenvalue weighted by Crippen LogP contribution is 2.47. The summed E-state index contributed by atoms with van der Waals surface area (Å²) in [6.45, 7) is 6.88. The van der Waals surface area contributed by atoms with Gasteiger partial charge in [0.25, 0.3) is 0 Å². The molecule has 1 aliphatic carbocycles. The highest BCUT2D eigenvalue weighted by molar-refractivity contribution is 5.43. The van der Waals surface area contributed by atoms with Gasteiger partial charge in [-0.3, -0.25) is 0 Å². The summed E-state index contributed by atoms with van der Waals surface area (Å²) in [6, 6.07) is 8.45. The van der Waals surface area contributed by atoms with E-state index in [4.69, 9.17) is 5.73 Å². The minimum Gasteiger partial charge on any atom is -0.399 e. The Bertz CT molecular complexity index is 377. The summed E-state index contributed by atoms with van der Waals surface area (Å²) in [5, 5.41) is 3.64. The van der Waals surface area contributed by atoms with Gasteiger partial charge in [-0.25, -0.2) is 0 Å². The van der Waals surface area contributed by atoms with Crippen molar-refractivity contribution in [3.63, 3.8) is 0 Å². The van der Waals surface area contributed by atoms with Crippen LogP contribution < -0.4 is 11.1 Å². The van der Waals surface area contributed by atoms with Crippen LogP contribution in [0.2, 0.25) is 0 Å². The molecule has 1 aliphatic rings. The first-order valence-electron chi connectivity index (χ1n) is 7.69. The van der Waals surface area contributed by atoms with Crippen LogP contribution in [0.25, 0.3) is 0 Å². The lowest BCUT2D eigenvalue weighted by molar-refractivity contribution is 0.505. The van der Waals surface area contributed by atoms with Gasteiger partial charge < -0.3 is 11.1 Å². The highest BCUT2D eigenvalue weighted by Gasteiger charge is 2.43. The maximum Gasteiger partial charge on any atom is 0.0314 e. The van der Waals surface area contributed by atoms with Gasteiger partial charge in [0, 0.05) is 17.6 Å². The monoisotopic (exact) mass is 260 g/mol. The van der Waals surface area contributed by atoms with Crippen molar-refractivity contribution >= 4 is 5.69 Å². The second-order valence-electron chi connectivity index (χ2n) is 6.47. The largest absolute Gasteiger partial charge is 0.399 e. The van der Waals surface area contributed by atoms with E-state index in [1.807, 2.05) is 12.1 Å². The second-order valence-corrected chi connectivity index (χ2v) is 6.47. The summed E-state index contributed by atoms with van der Waals surface area (Å²) < 4.78 is 0. The van der Waals surface area contributed by atoms with Gasteiger partial charge in [-0.05, 0) is 49.4 Å². The molecule has 1 saturated carbocycles. The molecular weight excluding hydrogens is 232 g/mol. The van der Waals surface area contributed by atoms with E-state index in [2.05, 4.69) is 31.3 Å². The van der Waals surface area contributed by atoms with E-state index in [9.17, 15) is 0 Å². The van der Waals surface area contributed by atoms with E-state index < -0.39 is 0 Å². The number of nitrogens with two attached hydrogens (primary N) is 1. The molecule has 0 atom stereocenters. The number of hydrogen-bond acceptors (Lipinski definition) is 2. The Morgan fingerprint density at radius 2 is 1.84 bits per heavy atom. The number of nitrogen functional groups attached to an aromatic ring is 1. The van der Waals surface area contributed by atoms with Crippen LogP contribution in [0.4, 0.5) is 5.69 Å². The molecule has 0 radical (unpaired) electrons. The van der Waals surface area contributed by atoms with Crippen molar-refractivity contribution in [3.05, 3.63) is 29.8 Å². The fourth-order valence-electron chi connectivity index (χ4n) is 2.69.